The molecule has 0 saturated heterocycles. The Bertz CT molecular complexity index is 1580. The molecule has 1 aromatic heterocycles. The summed E-state index contributed by atoms with van der Waals surface area (Å²) < 4.78 is 35.6. The van der Waals surface area contributed by atoms with E-state index < -0.39 is 31.4 Å². The lowest BCUT2D eigenvalue weighted by Crippen LogP contribution is -2.50. The summed E-state index contributed by atoms with van der Waals surface area (Å²) in [7, 11) is -4.22. The molecule has 10 atom stereocenters. The molecule has 1 aliphatic heterocycles. The van der Waals surface area contributed by atoms with Gasteiger partial charge in [-0.1, -0.05) is 70.3 Å². The molecule has 3 fully saturated rings. The minimum absolute atomic E-state index is 0.159. The molecule has 9 unspecified atom stereocenters. The summed E-state index contributed by atoms with van der Waals surface area (Å²) in [5.74, 6) is 3.39. The monoisotopic (exact) mass is 714 g/mol. The van der Waals surface area contributed by atoms with Crippen molar-refractivity contribution in [1.29, 1.82) is 0 Å². The lowest BCUT2D eigenvalue weighted by atomic mass is 9.47. The van der Waals surface area contributed by atoms with Crippen LogP contribution in [0, 0.1) is 41.4 Å². The maximum Gasteiger partial charge on any atom is 0.472 e. The van der Waals surface area contributed by atoms with Crippen molar-refractivity contribution in [3.8, 4) is 0 Å². The Kier molecular flexibility index (Phi) is 11.9. The molecular weight excluding hydrogens is 655 g/mol. The van der Waals surface area contributed by atoms with Gasteiger partial charge in [0.25, 0.3) is 5.56 Å². The number of allylic oxidation sites excluding steroid dienone is 1. The molecule has 11 heteroatoms. The van der Waals surface area contributed by atoms with E-state index in [1.165, 1.54) is 75.0 Å². The van der Waals surface area contributed by atoms with Gasteiger partial charge in [0.1, 0.15) is 12.2 Å². The highest BCUT2D eigenvalue weighted by molar-refractivity contribution is 7.47. The Morgan fingerprint density at radius 3 is 2.62 bits per heavy atom. The number of fused-ring (bicyclic) bond motifs is 5. The number of unbranched alkanes of at least 4 members (excludes halogenated alkanes) is 5. The zero-order valence-electron chi connectivity index (χ0n) is 30.4. The van der Waals surface area contributed by atoms with Gasteiger partial charge in [-0.15, -0.1) is 0 Å². The number of rotatable bonds is 16. The molecule has 10 nitrogen and oxygen atoms in total. The third-order valence-corrected chi connectivity index (χ3v) is 14.4. The van der Waals surface area contributed by atoms with Crippen molar-refractivity contribution in [3.63, 3.8) is 0 Å². The van der Waals surface area contributed by atoms with Gasteiger partial charge in [0.2, 0.25) is 0 Å². The zero-order chi connectivity index (χ0) is 35.5. The molecule has 2 N–H and O–H groups in total. The average molecular weight is 715 g/mol. The fraction of sp³-hybridized carbons (Fsp3) is 0.744. The van der Waals surface area contributed by atoms with E-state index in [0.29, 0.717) is 28.9 Å². The van der Waals surface area contributed by atoms with Crippen LogP contribution in [0.25, 0.3) is 0 Å². The third kappa shape index (κ3) is 8.05. The van der Waals surface area contributed by atoms with Crippen LogP contribution in [-0.2, 0) is 23.1 Å². The Morgan fingerprint density at radius 1 is 1.04 bits per heavy atom. The highest BCUT2D eigenvalue weighted by atomic mass is 31.2. The summed E-state index contributed by atoms with van der Waals surface area (Å²) >= 11 is 0. The maximum absolute atomic E-state index is 12.4. The van der Waals surface area contributed by atoms with Gasteiger partial charge in [-0.05, 0) is 105 Å². The lowest BCUT2D eigenvalue weighted by Gasteiger charge is -2.58. The van der Waals surface area contributed by atoms with Crippen LogP contribution in [0.15, 0.2) is 52.4 Å². The van der Waals surface area contributed by atoms with Gasteiger partial charge in [-0.2, -0.15) is 0 Å². The van der Waals surface area contributed by atoms with Crippen molar-refractivity contribution in [2.24, 2.45) is 34.5 Å². The molecule has 1 aromatic rings. The van der Waals surface area contributed by atoms with Crippen LogP contribution in [-0.4, -0.2) is 39.9 Å². The number of nitrogens with zero attached hydrogens (tertiary/aromatic N) is 1. The molecule has 0 spiro atoms. The number of ether oxygens (including phenoxy) is 2. The SMILES string of the molecule is C=CO[C@H]1CCC2(C)C(=CCC3C2CCC2(C)C(CCCCCCCCOP(=O)(O)OCC4C=CC(n5cc(C)c(=O)[nH]c5=O)O4)CCC32)C1. The summed E-state index contributed by atoms with van der Waals surface area (Å²) in [6.45, 7) is 10.6. The molecule has 2 heterocycles. The molecule has 0 bridgehead atoms. The first-order valence-electron chi connectivity index (χ1n) is 19.2. The first-order chi connectivity index (χ1) is 23.9. The minimum atomic E-state index is -4.22. The van der Waals surface area contributed by atoms with E-state index >= 15 is 0 Å². The number of aromatic amines is 1. The smallest absolute Gasteiger partial charge is 0.472 e. The van der Waals surface area contributed by atoms with Crippen LogP contribution in [0.2, 0.25) is 0 Å². The quantitative estimate of drug-likeness (QED) is 0.0758. The van der Waals surface area contributed by atoms with Gasteiger partial charge >= 0.3 is 13.5 Å². The Hall–Kier alpha value is -2.23. The van der Waals surface area contributed by atoms with E-state index in [1.807, 2.05) is 0 Å². The number of hydrogen-bond acceptors (Lipinski definition) is 7. The number of H-pyrrole nitrogens is 1. The number of hydrogen-bond donors (Lipinski definition) is 2. The van der Waals surface area contributed by atoms with Gasteiger partial charge < -0.3 is 14.4 Å². The molecule has 5 aliphatic rings. The molecule has 6 rings (SSSR count). The van der Waals surface area contributed by atoms with Crippen molar-refractivity contribution >= 4 is 7.82 Å². The molecule has 0 amide bonds. The van der Waals surface area contributed by atoms with Gasteiger partial charge in [0.15, 0.2) is 6.23 Å². The Balaban J connectivity index is 0.840. The summed E-state index contributed by atoms with van der Waals surface area (Å²) in [5.41, 5.74) is 1.86. The molecule has 3 saturated carbocycles. The third-order valence-electron chi connectivity index (χ3n) is 13.4. The summed E-state index contributed by atoms with van der Waals surface area (Å²) in [6, 6.07) is 0. The van der Waals surface area contributed by atoms with E-state index in [9.17, 15) is 19.0 Å². The molecule has 0 aromatic carbocycles. The second-order valence-electron chi connectivity index (χ2n) is 16.2. The number of phosphoric ester groups is 1. The topological polar surface area (TPSA) is 129 Å². The van der Waals surface area contributed by atoms with Crippen LogP contribution < -0.4 is 11.2 Å². The van der Waals surface area contributed by atoms with Gasteiger partial charge in [-0.3, -0.25) is 23.4 Å². The molecule has 0 radical (unpaired) electrons. The van der Waals surface area contributed by atoms with Crippen molar-refractivity contribution < 1.29 is 28.0 Å². The van der Waals surface area contributed by atoms with E-state index in [1.54, 1.807) is 30.9 Å². The number of phosphoric acid groups is 1. The van der Waals surface area contributed by atoms with Crippen molar-refractivity contribution in [1.82, 2.24) is 9.55 Å². The molecule has 278 valence electrons. The summed E-state index contributed by atoms with van der Waals surface area (Å²) in [6.07, 6.45) is 26.1. The Morgan fingerprint density at radius 2 is 1.82 bits per heavy atom. The molecule has 50 heavy (non-hydrogen) atoms. The lowest BCUT2D eigenvalue weighted by molar-refractivity contribution is -0.0517. The Labute approximate surface area is 297 Å². The predicted octanol–water partition coefficient (Wildman–Crippen LogP) is 8.27. The van der Waals surface area contributed by atoms with Gasteiger partial charge in [0, 0.05) is 18.2 Å². The number of nitrogens with one attached hydrogen (secondary N) is 1. The van der Waals surface area contributed by atoms with Crippen LogP contribution in [0.4, 0.5) is 0 Å². The zero-order valence-corrected chi connectivity index (χ0v) is 31.2. The standard InChI is InChI=1S/C39H59N2O8P/c1-5-46-30-19-21-39(4)29(24-30)13-16-32-33-17-14-28(38(33,3)22-20-34(32)39)12-10-8-6-7-9-11-23-47-50(44,45)48-26-31-15-18-35(49-31)41-25-27(2)36(42)40-37(41)43/h5,13,15,18,25,28,30-35H,1,6-12,14,16-17,19-24,26H2,2-4H3,(H,44,45)(H,40,42,43)/t28?,30-,31?,32?,33?,34?,35?,38?,39?/m0/s1. The first-order valence-corrected chi connectivity index (χ1v) is 20.7. The highest BCUT2D eigenvalue weighted by Gasteiger charge is 2.58. The van der Waals surface area contributed by atoms with Crippen LogP contribution in [0.1, 0.15) is 122 Å². The van der Waals surface area contributed by atoms with Crippen LogP contribution in [0.3, 0.4) is 0 Å². The predicted molar refractivity (Wildman–Crippen MR) is 193 cm³/mol. The van der Waals surface area contributed by atoms with Crippen molar-refractivity contribution in [2.75, 3.05) is 13.2 Å². The van der Waals surface area contributed by atoms with E-state index in [0.717, 1.165) is 49.4 Å². The van der Waals surface area contributed by atoms with Crippen molar-refractivity contribution in [3.05, 3.63) is 69.2 Å². The van der Waals surface area contributed by atoms with E-state index in [-0.39, 0.29) is 13.2 Å². The molecule has 4 aliphatic carbocycles. The van der Waals surface area contributed by atoms with E-state index in [4.69, 9.17) is 18.5 Å². The van der Waals surface area contributed by atoms with Gasteiger partial charge in [-0.25, -0.2) is 9.36 Å². The van der Waals surface area contributed by atoms with Crippen LogP contribution in [0.5, 0.6) is 0 Å². The van der Waals surface area contributed by atoms with Crippen molar-refractivity contribution in [2.45, 2.75) is 136 Å². The first kappa shape index (κ1) is 37.5. The molecular formula is C39H59N2O8P. The highest BCUT2D eigenvalue weighted by Crippen LogP contribution is 2.66. The number of aryl methyl sites for hydroxylation is 1. The summed E-state index contributed by atoms with van der Waals surface area (Å²) in [5, 5.41) is 0. The second kappa shape index (κ2) is 15.8. The van der Waals surface area contributed by atoms with Crippen LogP contribution >= 0.6 is 7.82 Å². The minimum Gasteiger partial charge on any atom is -0.498 e. The average Bonchev–Trinajstić information content (AvgIpc) is 3.69. The van der Waals surface area contributed by atoms with E-state index in [2.05, 4.69) is 31.5 Å². The normalized spacial score (nSPS) is 35.8. The second-order valence-corrected chi connectivity index (χ2v) is 17.6. The maximum atomic E-state index is 12.4. The fourth-order valence-corrected chi connectivity index (χ4v) is 11.3. The van der Waals surface area contributed by atoms with Gasteiger partial charge in [0.05, 0.1) is 19.5 Å². The largest absolute Gasteiger partial charge is 0.498 e. The fourth-order valence-electron chi connectivity index (χ4n) is 10.6. The summed E-state index contributed by atoms with van der Waals surface area (Å²) in [4.78, 5) is 36.1. The number of aromatic nitrogens is 2.